The molecule has 0 radical (unpaired) electrons. The monoisotopic (exact) mass is 206 g/mol. The Morgan fingerprint density at radius 1 is 1.47 bits per heavy atom. The van der Waals surface area contributed by atoms with E-state index in [1.165, 1.54) is 11.1 Å². The molecular weight excluding hydrogens is 192 g/mol. The lowest BCUT2D eigenvalue weighted by atomic mass is 10.1. The number of rotatable bonds is 3. The first-order valence-electron chi connectivity index (χ1n) is 5.06. The van der Waals surface area contributed by atoms with Crippen molar-refractivity contribution >= 4 is 5.91 Å². The SMILES string of the molecule is CCONC(=O)c1ccc2c(c1)CNC2. The minimum Gasteiger partial charge on any atom is -0.309 e. The number of hydroxylamine groups is 1. The van der Waals surface area contributed by atoms with Crippen LogP contribution in [0.3, 0.4) is 0 Å². The predicted molar refractivity (Wildman–Crippen MR) is 56.1 cm³/mol. The van der Waals surface area contributed by atoms with Crippen molar-refractivity contribution in [2.75, 3.05) is 6.61 Å². The van der Waals surface area contributed by atoms with Crippen LogP contribution in [0.4, 0.5) is 0 Å². The molecule has 0 spiro atoms. The second kappa shape index (κ2) is 4.42. The molecule has 15 heavy (non-hydrogen) atoms. The maximum atomic E-state index is 11.5. The third kappa shape index (κ3) is 2.16. The van der Waals surface area contributed by atoms with E-state index in [0.717, 1.165) is 13.1 Å². The number of fused-ring (bicyclic) bond motifs is 1. The largest absolute Gasteiger partial charge is 0.309 e. The first-order chi connectivity index (χ1) is 7.31. The molecule has 0 atom stereocenters. The molecule has 1 amide bonds. The first-order valence-corrected chi connectivity index (χ1v) is 5.06. The number of nitrogens with one attached hydrogen (secondary N) is 2. The lowest BCUT2D eigenvalue weighted by Crippen LogP contribution is -2.23. The summed E-state index contributed by atoms with van der Waals surface area (Å²) < 4.78 is 0. The van der Waals surface area contributed by atoms with Gasteiger partial charge >= 0.3 is 0 Å². The molecular formula is C11H14N2O2. The lowest BCUT2D eigenvalue weighted by molar-refractivity contribution is 0.0364. The van der Waals surface area contributed by atoms with Crippen LogP contribution >= 0.6 is 0 Å². The number of benzene rings is 1. The molecule has 1 heterocycles. The molecule has 0 saturated carbocycles. The number of carbonyl (C=O) groups is 1. The summed E-state index contributed by atoms with van der Waals surface area (Å²) in [5.74, 6) is -0.188. The summed E-state index contributed by atoms with van der Waals surface area (Å²) in [7, 11) is 0. The molecule has 0 unspecified atom stereocenters. The minimum absolute atomic E-state index is 0.188. The average molecular weight is 206 g/mol. The molecule has 2 N–H and O–H groups in total. The van der Waals surface area contributed by atoms with Crippen LogP contribution in [0.2, 0.25) is 0 Å². The van der Waals surface area contributed by atoms with Crippen LogP contribution < -0.4 is 10.8 Å². The van der Waals surface area contributed by atoms with Gasteiger partial charge in [-0.3, -0.25) is 9.63 Å². The van der Waals surface area contributed by atoms with Gasteiger partial charge in [0.05, 0.1) is 6.61 Å². The van der Waals surface area contributed by atoms with Crippen molar-refractivity contribution in [1.29, 1.82) is 0 Å². The number of amides is 1. The Morgan fingerprint density at radius 3 is 3.07 bits per heavy atom. The van der Waals surface area contributed by atoms with E-state index < -0.39 is 0 Å². The van der Waals surface area contributed by atoms with Crippen molar-refractivity contribution in [3.05, 3.63) is 34.9 Å². The highest BCUT2D eigenvalue weighted by Crippen LogP contribution is 2.16. The summed E-state index contributed by atoms with van der Waals surface area (Å²) in [6.45, 7) is 4.03. The van der Waals surface area contributed by atoms with Gasteiger partial charge in [-0.15, -0.1) is 0 Å². The van der Waals surface area contributed by atoms with Gasteiger partial charge in [0.15, 0.2) is 0 Å². The van der Waals surface area contributed by atoms with E-state index in [1.807, 2.05) is 25.1 Å². The van der Waals surface area contributed by atoms with E-state index in [1.54, 1.807) is 0 Å². The third-order valence-electron chi connectivity index (χ3n) is 2.41. The Labute approximate surface area is 88.6 Å². The minimum atomic E-state index is -0.188. The summed E-state index contributed by atoms with van der Waals surface area (Å²) in [5.41, 5.74) is 5.49. The standard InChI is InChI=1S/C11H14N2O2/c1-2-15-13-11(14)8-3-4-9-6-12-7-10(9)5-8/h3-5,12H,2,6-7H2,1H3,(H,13,14). The highest BCUT2D eigenvalue weighted by Gasteiger charge is 2.13. The smallest absolute Gasteiger partial charge is 0.274 e. The Kier molecular flexibility index (Phi) is 2.99. The van der Waals surface area contributed by atoms with Gasteiger partial charge in [-0.2, -0.15) is 0 Å². The quantitative estimate of drug-likeness (QED) is 0.724. The van der Waals surface area contributed by atoms with Crippen molar-refractivity contribution in [3.63, 3.8) is 0 Å². The van der Waals surface area contributed by atoms with Gasteiger partial charge in [-0.1, -0.05) is 6.07 Å². The molecule has 1 aliphatic heterocycles. The molecule has 0 aliphatic carbocycles. The number of carbonyl (C=O) groups excluding carboxylic acids is 1. The molecule has 0 saturated heterocycles. The maximum absolute atomic E-state index is 11.5. The van der Waals surface area contributed by atoms with Crippen molar-refractivity contribution in [2.24, 2.45) is 0 Å². The van der Waals surface area contributed by atoms with Crippen LogP contribution in [0.1, 0.15) is 28.4 Å². The van der Waals surface area contributed by atoms with Crippen LogP contribution in [0.5, 0.6) is 0 Å². The Balaban J connectivity index is 2.12. The second-order valence-corrected chi connectivity index (χ2v) is 3.45. The van der Waals surface area contributed by atoms with Gasteiger partial charge < -0.3 is 5.32 Å². The number of hydrogen-bond donors (Lipinski definition) is 2. The van der Waals surface area contributed by atoms with Crippen LogP contribution in [0.25, 0.3) is 0 Å². The number of hydrogen-bond acceptors (Lipinski definition) is 3. The van der Waals surface area contributed by atoms with E-state index in [4.69, 9.17) is 4.84 Å². The second-order valence-electron chi connectivity index (χ2n) is 3.45. The van der Waals surface area contributed by atoms with Crippen molar-refractivity contribution in [2.45, 2.75) is 20.0 Å². The topological polar surface area (TPSA) is 50.4 Å². The Morgan fingerprint density at radius 2 is 2.27 bits per heavy atom. The lowest BCUT2D eigenvalue weighted by Gasteiger charge is -2.05. The molecule has 1 aliphatic rings. The fourth-order valence-electron chi connectivity index (χ4n) is 1.63. The molecule has 0 bridgehead atoms. The normalized spacial score (nSPS) is 13.7. The van der Waals surface area contributed by atoms with Crippen LogP contribution in [0, 0.1) is 0 Å². The van der Waals surface area contributed by atoms with E-state index in [2.05, 4.69) is 10.8 Å². The zero-order valence-corrected chi connectivity index (χ0v) is 8.67. The van der Waals surface area contributed by atoms with Gasteiger partial charge in [0.1, 0.15) is 0 Å². The molecule has 4 nitrogen and oxygen atoms in total. The zero-order chi connectivity index (χ0) is 10.7. The van der Waals surface area contributed by atoms with Crippen LogP contribution in [-0.4, -0.2) is 12.5 Å². The van der Waals surface area contributed by atoms with E-state index in [9.17, 15) is 4.79 Å². The third-order valence-corrected chi connectivity index (χ3v) is 2.41. The first kappa shape index (κ1) is 10.1. The van der Waals surface area contributed by atoms with Gasteiger partial charge in [0.25, 0.3) is 5.91 Å². The summed E-state index contributed by atoms with van der Waals surface area (Å²) in [4.78, 5) is 16.4. The molecule has 2 rings (SSSR count). The summed E-state index contributed by atoms with van der Waals surface area (Å²) >= 11 is 0. The Hall–Kier alpha value is -1.39. The average Bonchev–Trinajstić information content (AvgIpc) is 2.72. The van der Waals surface area contributed by atoms with Gasteiger partial charge in [-0.05, 0) is 30.2 Å². The maximum Gasteiger partial charge on any atom is 0.274 e. The molecule has 4 heteroatoms. The van der Waals surface area contributed by atoms with Crippen molar-refractivity contribution in [3.8, 4) is 0 Å². The highest BCUT2D eigenvalue weighted by molar-refractivity contribution is 5.93. The van der Waals surface area contributed by atoms with Gasteiger partial charge in [0, 0.05) is 18.7 Å². The summed E-state index contributed by atoms with van der Waals surface area (Å²) in [5, 5.41) is 3.23. The molecule has 0 fully saturated rings. The molecule has 1 aromatic rings. The van der Waals surface area contributed by atoms with Crippen LogP contribution in [-0.2, 0) is 17.9 Å². The molecule has 80 valence electrons. The zero-order valence-electron chi connectivity index (χ0n) is 8.67. The van der Waals surface area contributed by atoms with E-state index >= 15 is 0 Å². The van der Waals surface area contributed by atoms with Crippen LogP contribution in [0.15, 0.2) is 18.2 Å². The Bertz CT molecular complexity index is 377. The fraction of sp³-hybridized carbons (Fsp3) is 0.364. The van der Waals surface area contributed by atoms with E-state index in [-0.39, 0.29) is 5.91 Å². The van der Waals surface area contributed by atoms with Gasteiger partial charge in [-0.25, -0.2) is 5.48 Å². The summed E-state index contributed by atoms with van der Waals surface area (Å²) in [6, 6.07) is 5.71. The molecule has 0 aromatic heterocycles. The summed E-state index contributed by atoms with van der Waals surface area (Å²) in [6.07, 6.45) is 0. The highest BCUT2D eigenvalue weighted by atomic mass is 16.6. The van der Waals surface area contributed by atoms with E-state index in [0.29, 0.717) is 12.2 Å². The fourth-order valence-corrected chi connectivity index (χ4v) is 1.63. The van der Waals surface area contributed by atoms with Crippen molar-refractivity contribution in [1.82, 2.24) is 10.8 Å². The molecule has 1 aromatic carbocycles. The van der Waals surface area contributed by atoms with Crippen molar-refractivity contribution < 1.29 is 9.63 Å². The predicted octanol–water partition coefficient (Wildman–Crippen LogP) is 0.971. The van der Waals surface area contributed by atoms with Gasteiger partial charge in [0.2, 0.25) is 0 Å².